The molecule has 0 saturated heterocycles. The maximum atomic E-state index is 14.3. The first kappa shape index (κ1) is 19.9. The van der Waals surface area contributed by atoms with Crippen LogP contribution in [0.1, 0.15) is 35.1 Å². The number of Topliss-reactive ketones (excluding diaryl/α,β-unsaturated/α-hetero) is 1. The van der Waals surface area contributed by atoms with Gasteiger partial charge in [0.25, 0.3) is 0 Å². The fourth-order valence-corrected chi connectivity index (χ4v) is 6.32. The average molecular weight is 427 g/mol. The molecule has 33 heavy (non-hydrogen) atoms. The molecule has 6 rings (SSSR count). The minimum absolute atomic E-state index is 0.0270. The lowest BCUT2D eigenvalue weighted by atomic mass is 9.48. The number of rotatable bonds is 4. The van der Waals surface area contributed by atoms with E-state index in [9.17, 15) is 4.79 Å². The number of benzene rings is 4. The Labute approximate surface area is 195 Å². The molecule has 0 radical (unpaired) electrons. The first-order valence-corrected chi connectivity index (χ1v) is 11.8. The van der Waals surface area contributed by atoms with E-state index in [0.717, 1.165) is 24.0 Å². The number of carbonyl (C=O) groups excluding carboxylic acids is 1. The van der Waals surface area contributed by atoms with Crippen molar-refractivity contribution in [2.45, 2.75) is 18.3 Å². The van der Waals surface area contributed by atoms with Crippen molar-refractivity contribution in [3.05, 3.63) is 149 Å². The zero-order valence-electron chi connectivity index (χ0n) is 18.5. The molecule has 0 aliphatic heterocycles. The summed E-state index contributed by atoms with van der Waals surface area (Å²) in [5.74, 6) is 0.606. The van der Waals surface area contributed by atoms with Crippen LogP contribution in [0.3, 0.4) is 0 Å². The molecule has 4 aromatic rings. The van der Waals surface area contributed by atoms with Gasteiger partial charge in [0.1, 0.15) is 0 Å². The molecule has 160 valence electrons. The van der Waals surface area contributed by atoms with Gasteiger partial charge in [-0.05, 0) is 46.6 Å². The molecule has 2 unspecified atom stereocenters. The van der Waals surface area contributed by atoms with Gasteiger partial charge in [-0.2, -0.15) is 0 Å². The summed E-state index contributed by atoms with van der Waals surface area (Å²) in [6.45, 7) is 0. The zero-order valence-corrected chi connectivity index (χ0v) is 18.5. The number of carbonyl (C=O) groups is 1. The van der Waals surface area contributed by atoms with E-state index in [1.165, 1.54) is 22.3 Å². The van der Waals surface area contributed by atoms with Crippen LogP contribution in [0.25, 0.3) is 5.57 Å². The molecule has 1 heteroatoms. The van der Waals surface area contributed by atoms with Gasteiger partial charge in [0, 0.05) is 5.92 Å². The molecule has 0 amide bonds. The van der Waals surface area contributed by atoms with Crippen molar-refractivity contribution in [1.82, 2.24) is 0 Å². The second kappa shape index (κ2) is 8.01. The van der Waals surface area contributed by atoms with Gasteiger partial charge in [-0.3, -0.25) is 4.79 Å². The van der Waals surface area contributed by atoms with Gasteiger partial charge >= 0.3 is 0 Å². The van der Waals surface area contributed by atoms with Crippen LogP contribution < -0.4 is 0 Å². The van der Waals surface area contributed by atoms with Crippen LogP contribution in [-0.2, 0) is 10.2 Å². The van der Waals surface area contributed by atoms with E-state index < -0.39 is 5.41 Å². The SMILES string of the molecule is O=C1C2C(=C(c3ccccc3)c3ccccc3)CCC2C1(c1ccccc1)c1ccccc1. The Kier molecular flexibility index (Phi) is 4.84. The van der Waals surface area contributed by atoms with Gasteiger partial charge in [-0.15, -0.1) is 0 Å². The van der Waals surface area contributed by atoms with E-state index in [1.54, 1.807) is 0 Å². The summed E-state index contributed by atoms with van der Waals surface area (Å²) in [5, 5.41) is 0. The fraction of sp³-hybridized carbons (Fsp3) is 0.156. The summed E-state index contributed by atoms with van der Waals surface area (Å²) in [6.07, 6.45) is 1.99. The predicted molar refractivity (Wildman–Crippen MR) is 134 cm³/mol. The van der Waals surface area contributed by atoms with E-state index in [1.807, 2.05) is 12.1 Å². The van der Waals surface area contributed by atoms with Crippen LogP contribution >= 0.6 is 0 Å². The molecule has 0 heterocycles. The van der Waals surface area contributed by atoms with Crippen LogP contribution in [0, 0.1) is 11.8 Å². The highest BCUT2D eigenvalue weighted by Crippen LogP contribution is 2.63. The summed E-state index contributed by atoms with van der Waals surface area (Å²) in [5.41, 5.74) is 6.66. The molecule has 2 aliphatic rings. The highest BCUT2D eigenvalue weighted by molar-refractivity contribution is 6.06. The molecule has 4 aromatic carbocycles. The normalized spacial score (nSPS) is 20.7. The molecule has 0 N–H and O–H groups in total. The first-order chi connectivity index (χ1) is 16.3. The van der Waals surface area contributed by atoms with E-state index >= 15 is 0 Å². The second-order valence-electron chi connectivity index (χ2n) is 9.16. The monoisotopic (exact) mass is 426 g/mol. The topological polar surface area (TPSA) is 17.1 Å². The van der Waals surface area contributed by atoms with Gasteiger partial charge in [0.15, 0.2) is 5.78 Å². The maximum absolute atomic E-state index is 14.3. The summed E-state index contributed by atoms with van der Waals surface area (Å²) < 4.78 is 0. The quantitative estimate of drug-likeness (QED) is 0.341. The number of ketones is 1. The van der Waals surface area contributed by atoms with Crippen LogP contribution in [0.15, 0.2) is 127 Å². The number of fused-ring (bicyclic) bond motifs is 1. The second-order valence-corrected chi connectivity index (χ2v) is 9.16. The Balaban J connectivity index is 1.54. The van der Waals surface area contributed by atoms with Crippen molar-refractivity contribution in [2.24, 2.45) is 11.8 Å². The highest BCUT2D eigenvalue weighted by Gasteiger charge is 2.66. The molecule has 2 atom stereocenters. The first-order valence-electron chi connectivity index (χ1n) is 11.8. The summed E-state index contributed by atoms with van der Waals surface area (Å²) in [4.78, 5) is 14.3. The minimum Gasteiger partial charge on any atom is -0.298 e. The Hall–Kier alpha value is -3.71. The lowest BCUT2D eigenvalue weighted by molar-refractivity contribution is -0.139. The summed E-state index contributed by atoms with van der Waals surface area (Å²) in [6, 6.07) is 42.0. The van der Waals surface area contributed by atoms with Gasteiger partial charge in [0.2, 0.25) is 0 Å². The smallest absolute Gasteiger partial charge is 0.155 e. The molecule has 0 bridgehead atoms. The van der Waals surface area contributed by atoms with E-state index in [4.69, 9.17) is 0 Å². The minimum atomic E-state index is -0.548. The zero-order chi connectivity index (χ0) is 22.3. The van der Waals surface area contributed by atoms with Gasteiger partial charge in [0.05, 0.1) is 5.41 Å². The maximum Gasteiger partial charge on any atom is 0.155 e. The molecule has 0 aromatic heterocycles. The average Bonchev–Trinajstić information content (AvgIpc) is 3.28. The Bertz CT molecular complexity index is 1220. The number of hydrogen-bond donors (Lipinski definition) is 0. The van der Waals surface area contributed by atoms with E-state index in [0.29, 0.717) is 5.78 Å². The molecule has 2 aliphatic carbocycles. The van der Waals surface area contributed by atoms with Crippen LogP contribution in [0.2, 0.25) is 0 Å². The summed E-state index contributed by atoms with van der Waals surface area (Å²) >= 11 is 0. The van der Waals surface area contributed by atoms with E-state index in [-0.39, 0.29) is 11.8 Å². The largest absolute Gasteiger partial charge is 0.298 e. The third-order valence-corrected chi connectivity index (χ3v) is 7.63. The van der Waals surface area contributed by atoms with Crippen molar-refractivity contribution in [3.63, 3.8) is 0 Å². The van der Waals surface area contributed by atoms with Crippen LogP contribution in [-0.4, -0.2) is 5.78 Å². The van der Waals surface area contributed by atoms with E-state index in [2.05, 4.69) is 109 Å². The highest BCUT2D eigenvalue weighted by atomic mass is 16.1. The van der Waals surface area contributed by atoms with Crippen molar-refractivity contribution in [1.29, 1.82) is 0 Å². The molecule has 2 saturated carbocycles. The van der Waals surface area contributed by atoms with Crippen molar-refractivity contribution < 1.29 is 4.79 Å². The molecule has 1 nitrogen and oxygen atoms in total. The number of hydrogen-bond acceptors (Lipinski definition) is 1. The van der Waals surface area contributed by atoms with Crippen LogP contribution in [0.4, 0.5) is 0 Å². The van der Waals surface area contributed by atoms with Gasteiger partial charge < -0.3 is 0 Å². The third kappa shape index (κ3) is 2.96. The van der Waals surface area contributed by atoms with Gasteiger partial charge in [-0.1, -0.05) is 127 Å². The molecular formula is C32H26O. The third-order valence-electron chi connectivity index (χ3n) is 7.63. The van der Waals surface area contributed by atoms with Gasteiger partial charge in [-0.25, -0.2) is 0 Å². The fourth-order valence-electron chi connectivity index (χ4n) is 6.32. The molecule has 2 fully saturated rings. The van der Waals surface area contributed by atoms with Crippen molar-refractivity contribution in [2.75, 3.05) is 0 Å². The predicted octanol–water partition coefficient (Wildman–Crippen LogP) is 7.08. The van der Waals surface area contributed by atoms with Crippen molar-refractivity contribution in [3.8, 4) is 0 Å². The molecular weight excluding hydrogens is 400 g/mol. The summed E-state index contributed by atoms with van der Waals surface area (Å²) in [7, 11) is 0. The van der Waals surface area contributed by atoms with Crippen molar-refractivity contribution >= 4 is 11.4 Å². The Morgan fingerprint density at radius 1 is 0.606 bits per heavy atom. The Morgan fingerprint density at radius 2 is 1.03 bits per heavy atom. The van der Waals surface area contributed by atoms with Crippen LogP contribution in [0.5, 0.6) is 0 Å². The number of allylic oxidation sites excluding steroid dienone is 1. The lowest BCUT2D eigenvalue weighted by Crippen LogP contribution is -2.59. The Morgan fingerprint density at radius 3 is 1.48 bits per heavy atom. The lowest BCUT2D eigenvalue weighted by Gasteiger charge is -2.52. The standard InChI is InChI=1S/C32H26O/c33-31-30-27(29(23-13-5-1-6-14-23)24-15-7-2-8-16-24)21-22-28(30)32(31,25-17-9-3-10-18-25)26-19-11-4-12-20-26/h1-20,28,30H,21-22H2. The molecule has 0 spiro atoms.